The van der Waals surface area contributed by atoms with Crippen LogP contribution in [0.1, 0.15) is 11.1 Å². The first-order valence-corrected chi connectivity index (χ1v) is 9.84. The van der Waals surface area contributed by atoms with Gasteiger partial charge in [-0.25, -0.2) is 0 Å². The van der Waals surface area contributed by atoms with Crippen molar-refractivity contribution in [2.45, 2.75) is 18.6 Å². The average Bonchev–Trinajstić information content (AvgIpc) is 3.12. The topological polar surface area (TPSA) is 63.9 Å². The fourth-order valence-corrected chi connectivity index (χ4v) is 3.51. The van der Waals surface area contributed by atoms with Crippen LogP contribution in [-0.4, -0.2) is 43.8 Å². The summed E-state index contributed by atoms with van der Waals surface area (Å²) in [5.74, 6) is 0.189. The number of carbonyl (C=O) groups excluding carboxylic acids is 1. The van der Waals surface area contributed by atoms with E-state index in [9.17, 15) is 4.79 Å². The zero-order chi connectivity index (χ0) is 19.4. The molecule has 3 rings (SSSR count). The summed E-state index contributed by atoms with van der Waals surface area (Å²) in [5.41, 5.74) is 2.92. The number of aryl methyl sites for hydroxylation is 1. The third-order valence-electron chi connectivity index (χ3n) is 3.87. The summed E-state index contributed by atoms with van der Waals surface area (Å²) < 4.78 is 1.62. The van der Waals surface area contributed by atoms with Gasteiger partial charge in [-0.05, 0) is 47.2 Å². The van der Waals surface area contributed by atoms with E-state index in [0.717, 1.165) is 16.8 Å². The maximum absolute atomic E-state index is 12.5. The Morgan fingerprint density at radius 3 is 2.59 bits per heavy atom. The molecule has 27 heavy (non-hydrogen) atoms. The number of rotatable bonds is 6. The van der Waals surface area contributed by atoms with Crippen molar-refractivity contribution in [3.63, 3.8) is 0 Å². The number of aromatic nitrogens is 4. The lowest BCUT2D eigenvalue weighted by Gasteiger charge is -2.17. The first-order chi connectivity index (χ1) is 12.9. The van der Waals surface area contributed by atoms with Crippen molar-refractivity contribution in [3.05, 3.63) is 63.6 Å². The second-order valence-electron chi connectivity index (χ2n) is 6.00. The van der Waals surface area contributed by atoms with Gasteiger partial charge < -0.3 is 4.90 Å². The highest BCUT2D eigenvalue weighted by molar-refractivity contribution is 7.99. The van der Waals surface area contributed by atoms with Crippen molar-refractivity contribution >= 4 is 40.9 Å². The van der Waals surface area contributed by atoms with Crippen molar-refractivity contribution in [2.75, 3.05) is 12.8 Å². The Labute approximate surface area is 171 Å². The summed E-state index contributed by atoms with van der Waals surface area (Å²) in [5, 5.41) is 13.3. The van der Waals surface area contributed by atoms with Gasteiger partial charge in [0.1, 0.15) is 0 Å². The molecular formula is C18H17Cl2N5OS. The zero-order valence-corrected chi connectivity index (χ0v) is 17.1. The minimum absolute atomic E-state index is 0.0375. The van der Waals surface area contributed by atoms with E-state index in [1.165, 1.54) is 11.8 Å². The van der Waals surface area contributed by atoms with E-state index in [-0.39, 0.29) is 11.7 Å². The Morgan fingerprint density at radius 1 is 1.15 bits per heavy atom. The Kier molecular flexibility index (Phi) is 6.36. The van der Waals surface area contributed by atoms with Crippen LogP contribution < -0.4 is 0 Å². The normalized spacial score (nSPS) is 10.8. The Balaban J connectivity index is 1.61. The summed E-state index contributed by atoms with van der Waals surface area (Å²) in [4.78, 5) is 14.1. The van der Waals surface area contributed by atoms with Crippen molar-refractivity contribution in [3.8, 4) is 5.69 Å². The van der Waals surface area contributed by atoms with E-state index < -0.39 is 0 Å². The molecule has 140 valence electrons. The van der Waals surface area contributed by atoms with Crippen LogP contribution in [0.3, 0.4) is 0 Å². The van der Waals surface area contributed by atoms with Gasteiger partial charge in [0.05, 0.1) is 21.5 Å². The van der Waals surface area contributed by atoms with Crippen molar-refractivity contribution < 1.29 is 4.79 Å². The van der Waals surface area contributed by atoms with Gasteiger partial charge in [0.25, 0.3) is 0 Å². The Morgan fingerprint density at radius 2 is 1.89 bits per heavy atom. The highest BCUT2D eigenvalue weighted by Crippen LogP contribution is 2.23. The van der Waals surface area contributed by atoms with Gasteiger partial charge in [0.2, 0.25) is 11.1 Å². The number of amides is 1. The van der Waals surface area contributed by atoms with Crippen molar-refractivity contribution in [2.24, 2.45) is 0 Å². The van der Waals surface area contributed by atoms with Crippen LogP contribution in [0.15, 0.2) is 47.6 Å². The minimum Gasteiger partial charge on any atom is -0.341 e. The molecule has 9 heteroatoms. The number of tetrazole rings is 1. The summed E-state index contributed by atoms with van der Waals surface area (Å²) in [6, 6.07) is 13.2. The first kappa shape index (κ1) is 19.7. The number of nitrogens with zero attached hydrogens (tertiary/aromatic N) is 5. The third kappa shape index (κ3) is 5.00. The van der Waals surface area contributed by atoms with Gasteiger partial charge in [0, 0.05) is 13.6 Å². The largest absolute Gasteiger partial charge is 0.341 e. The van der Waals surface area contributed by atoms with Crippen LogP contribution in [0.2, 0.25) is 10.0 Å². The molecule has 0 atom stereocenters. The predicted molar refractivity (Wildman–Crippen MR) is 108 cm³/mol. The lowest BCUT2D eigenvalue weighted by atomic mass is 10.2. The highest BCUT2D eigenvalue weighted by Gasteiger charge is 2.15. The fraction of sp³-hybridized carbons (Fsp3) is 0.222. The van der Waals surface area contributed by atoms with Gasteiger partial charge in [0.15, 0.2) is 0 Å². The molecule has 0 radical (unpaired) electrons. The second kappa shape index (κ2) is 8.73. The lowest BCUT2D eigenvalue weighted by Crippen LogP contribution is -2.27. The van der Waals surface area contributed by atoms with E-state index in [0.29, 0.717) is 21.7 Å². The predicted octanol–water partition coefficient (Wildman–Crippen LogP) is 4.03. The number of hydrogen-bond acceptors (Lipinski definition) is 5. The summed E-state index contributed by atoms with van der Waals surface area (Å²) in [6.45, 7) is 2.46. The second-order valence-corrected chi connectivity index (χ2v) is 7.75. The molecule has 0 saturated carbocycles. The van der Waals surface area contributed by atoms with Gasteiger partial charge in [-0.2, -0.15) is 4.68 Å². The molecule has 1 amide bonds. The molecule has 2 aromatic carbocycles. The van der Waals surface area contributed by atoms with Gasteiger partial charge in [-0.3, -0.25) is 4.79 Å². The molecule has 6 nitrogen and oxygen atoms in total. The molecule has 1 aromatic heterocycles. The molecule has 0 aliphatic carbocycles. The Bertz CT molecular complexity index is 945. The van der Waals surface area contributed by atoms with Crippen LogP contribution in [0.4, 0.5) is 0 Å². The lowest BCUT2D eigenvalue weighted by molar-refractivity contribution is -0.127. The molecule has 0 unspecified atom stereocenters. The quantitative estimate of drug-likeness (QED) is 0.562. The molecule has 0 bridgehead atoms. The van der Waals surface area contributed by atoms with E-state index in [1.807, 2.05) is 37.3 Å². The van der Waals surface area contributed by atoms with Crippen LogP contribution >= 0.6 is 35.0 Å². The number of thioether (sulfide) groups is 1. The molecular weight excluding hydrogens is 405 g/mol. The van der Waals surface area contributed by atoms with Crippen molar-refractivity contribution in [1.29, 1.82) is 0 Å². The van der Waals surface area contributed by atoms with E-state index >= 15 is 0 Å². The van der Waals surface area contributed by atoms with Crippen LogP contribution in [0.5, 0.6) is 0 Å². The average molecular weight is 422 g/mol. The SMILES string of the molecule is Cc1ccc(-n2nnnc2SCC(=O)N(C)Cc2ccc(Cl)c(Cl)c2)cc1. The third-order valence-corrected chi connectivity index (χ3v) is 5.52. The molecule has 0 spiro atoms. The molecule has 1 heterocycles. The molecule has 0 saturated heterocycles. The number of carbonyl (C=O) groups is 1. The van der Waals surface area contributed by atoms with E-state index in [4.69, 9.17) is 23.2 Å². The van der Waals surface area contributed by atoms with E-state index in [2.05, 4.69) is 15.5 Å². The number of hydrogen-bond donors (Lipinski definition) is 0. The molecule has 0 aliphatic heterocycles. The van der Waals surface area contributed by atoms with Gasteiger partial charge in [-0.1, -0.05) is 58.7 Å². The molecule has 0 fully saturated rings. The summed E-state index contributed by atoms with van der Waals surface area (Å²) >= 11 is 13.2. The molecule has 3 aromatic rings. The fourth-order valence-electron chi connectivity index (χ4n) is 2.35. The summed E-state index contributed by atoms with van der Waals surface area (Å²) in [7, 11) is 1.74. The standard InChI is InChI=1S/C18H17Cl2N5OS/c1-12-3-6-14(7-4-12)25-18(21-22-23-25)27-11-17(26)24(2)10-13-5-8-15(19)16(20)9-13/h3-9H,10-11H2,1-2H3. The smallest absolute Gasteiger partial charge is 0.233 e. The van der Waals surface area contributed by atoms with Gasteiger partial charge >= 0.3 is 0 Å². The van der Waals surface area contributed by atoms with E-state index in [1.54, 1.807) is 28.8 Å². The van der Waals surface area contributed by atoms with Crippen LogP contribution in [-0.2, 0) is 11.3 Å². The first-order valence-electron chi connectivity index (χ1n) is 8.10. The van der Waals surface area contributed by atoms with Gasteiger partial charge in [-0.15, -0.1) is 5.10 Å². The zero-order valence-electron chi connectivity index (χ0n) is 14.8. The summed E-state index contributed by atoms with van der Waals surface area (Å²) in [6.07, 6.45) is 0. The maximum atomic E-state index is 12.5. The highest BCUT2D eigenvalue weighted by atomic mass is 35.5. The minimum atomic E-state index is -0.0375. The molecule has 0 aliphatic rings. The monoisotopic (exact) mass is 421 g/mol. The number of halogens is 2. The maximum Gasteiger partial charge on any atom is 0.233 e. The Hall–Kier alpha value is -2.09. The number of benzene rings is 2. The van der Waals surface area contributed by atoms with Crippen molar-refractivity contribution in [1.82, 2.24) is 25.1 Å². The van der Waals surface area contributed by atoms with Crippen LogP contribution in [0.25, 0.3) is 5.69 Å². The van der Waals surface area contributed by atoms with Crippen LogP contribution in [0, 0.1) is 6.92 Å². The molecule has 0 N–H and O–H groups in total.